The van der Waals surface area contributed by atoms with Crippen molar-refractivity contribution >= 4 is 40.9 Å². The molecular weight excluding hydrogens is 466 g/mol. The number of carbonyl (C=O) groups is 4. The Morgan fingerprint density at radius 2 is 1.74 bits per heavy atom. The predicted molar refractivity (Wildman–Crippen MR) is 131 cm³/mol. The number of urea groups is 1. The predicted octanol–water partition coefficient (Wildman–Crippen LogP) is 4.29. The molecule has 3 aromatic rings. The smallest absolute Gasteiger partial charge is 0.324 e. The van der Waals surface area contributed by atoms with Crippen LogP contribution in [0.1, 0.15) is 39.9 Å². The largest absolute Gasteiger partial charge is 0.325 e. The Morgan fingerprint density at radius 1 is 1.00 bits per heavy atom. The molecule has 1 unspecified atom stereocenters. The Morgan fingerprint density at radius 3 is 2.54 bits per heavy atom. The molecule has 1 aliphatic heterocycles. The molecule has 2 aliphatic rings. The minimum absolute atomic E-state index is 0.215. The van der Waals surface area contributed by atoms with Crippen LogP contribution in [0.25, 0.3) is 0 Å². The fraction of sp³-hybridized carbons (Fsp3) is 0.185. The van der Waals surface area contributed by atoms with Gasteiger partial charge in [0.25, 0.3) is 5.91 Å². The summed E-state index contributed by atoms with van der Waals surface area (Å²) in [6.45, 7) is -0.476. The van der Waals surface area contributed by atoms with Crippen molar-refractivity contribution in [3.63, 3.8) is 0 Å². The highest BCUT2D eigenvalue weighted by Gasteiger charge is 2.54. The zero-order valence-electron chi connectivity index (χ0n) is 18.7. The molecule has 4 amide bonds. The third-order valence-electron chi connectivity index (χ3n) is 6.49. The van der Waals surface area contributed by atoms with Gasteiger partial charge in [0, 0.05) is 16.1 Å². The molecule has 1 saturated heterocycles. The summed E-state index contributed by atoms with van der Waals surface area (Å²) in [4.78, 5) is 53.2. The van der Waals surface area contributed by atoms with Gasteiger partial charge in [-0.1, -0.05) is 66.2 Å². The molecule has 35 heavy (non-hydrogen) atoms. The molecule has 1 fully saturated rings. The van der Waals surface area contributed by atoms with Gasteiger partial charge < -0.3 is 10.6 Å². The molecule has 7 nitrogen and oxygen atoms in total. The fourth-order valence-electron chi connectivity index (χ4n) is 4.85. The van der Waals surface area contributed by atoms with Crippen LogP contribution in [0.5, 0.6) is 0 Å². The number of amides is 4. The van der Waals surface area contributed by atoms with Crippen LogP contribution in [-0.2, 0) is 21.5 Å². The van der Waals surface area contributed by atoms with E-state index in [1.807, 2.05) is 24.3 Å². The third-order valence-corrected chi connectivity index (χ3v) is 6.72. The van der Waals surface area contributed by atoms with E-state index in [0.29, 0.717) is 17.0 Å². The number of carbonyl (C=O) groups excluding carboxylic acids is 4. The first-order valence-corrected chi connectivity index (χ1v) is 11.7. The van der Waals surface area contributed by atoms with Gasteiger partial charge in [0.15, 0.2) is 5.78 Å². The highest BCUT2D eigenvalue weighted by Crippen LogP contribution is 2.39. The summed E-state index contributed by atoms with van der Waals surface area (Å²) in [6, 6.07) is 20.1. The van der Waals surface area contributed by atoms with Gasteiger partial charge in [-0.3, -0.25) is 19.3 Å². The normalized spacial score (nSPS) is 18.8. The SMILES string of the molecule is O=C(CN1C(=O)NC2(CCCc3ccccc32)C1=O)Nc1ccc(Cl)cc1C(=O)c1ccccc1. The van der Waals surface area contributed by atoms with Gasteiger partial charge in [0.2, 0.25) is 5.91 Å². The van der Waals surface area contributed by atoms with Crippen molar-refractivity contribution < 1.29 is 19.2 Å². The van der Waals surface area contributed by atoms with Crippen LogP contribution in [0.15, 0.2) is 72.8 Å². The Balaban J connectivity index is 1.37. The molecule has 1 spiro atoms. The topological polar surface area (TPSA) is 95.6 Å². The van der Waals surface area contributed by atoms with Crippen molar-refractivity contribution in [1.82, 2.24) is 10.2 Å². The number of nitrogens with one attached hydrogen (secondary N) is 2. The highest BCUT2D eigenvalue weighted by molar-refractivity contribution is 6.31. The van der Waals surface area contributed by atoms with Crippen LogP contribution in [-0.4, -0.2) is 35.1 Å². The van der Waals surface area contributed by atoms with Crippen LogP contribution in [0.4, 0.5) is 10.5 Å². The average molecular weight is 488 g/mol. The maximum absolute atomic E-state index is 13.4. The first-order chi connectivity index (χ1) is 16.9. The second-order valence-electron chi connectivity index (χ2n) is 8.67. The van der Waals surface area contributed by atoms with Crippen molar-refractivity contribution in [1.29, 1.82) is 0 Å². The van der Waals surface area contributed by atoms with E-state index in [0.717, 1.165) is 28.9 Å². The zero-order valence-corrected chi connectivity index (χ0v) is 19.5. The standard InChI is InChI=1S/C27H22ClN3O4/c28-19-12-13-22(20(15-19)24(33)18-8-2-1-3-9-18)29-23(32)16-31-25(34)27(30-26(31)35)14-6-10-17-7-4-5-11-21(17)27/h1-5,7-9,11-13,15H,6,10,14,16H2,(H,29,32)(H,30,35). The van der Waals surface area contributed by atoms with E-state index < -0.39 is 29.9 Å². The monoisotopic (exact) mass is 487 g/mol. The Bertz CT molecular complexity index is 1360. The number of rotatable bonds is 5. The summed E-state index contributed by atoms with van der Waals surface area (Å²) in [5.41, 5.74) is 1.55. The van der Waals surface area contributed by atoms with Crippen molar-refractivity contribution in [3.05, 3.63) is 100 Å². The van der Waals surface area contributed by atoms with Crippen LogP contribution >= 0.6 is 11.6 Å². The lowest BCUT2D eigenvalue weighted by atomic mass is 9.76. The van der Waals surface area contributed by atoms with Gasteiger partial charge in [0.1, 0.15) is 12.1 Å². The van der Waals surface area contributed by atoms with E-state index in [4.69, 9.17) is 11.6 Å². The van der Waals surface area contributed by atoms with Gasteiger partial charge in [0.05, 0.1) is 5.69 Å². The minimum Gasteiger partial charge on any atom is -0.324 e. The summed E-state index contributed by atoms with van der Waals surface area (Å²) in [5, 5.41) is 5.86. The van der Waals surface area contributed by atoms with E-state index in [9.17, 15) is 19.2 Å². The second-order valence-corrected chi connectivity index (χ2v) is 9.11. The molecule has 3 aromatic carbocycles. The summed E-state index contributed by atoms with van der Waals surface area (Å²) in [5.74, 6) is -1.35. The van der Waals surface area contributed by atoms with Gasteiger partial charge >= 0.3 is 6.03 Å². The summed E-state index contributed by atoms with van der Waals surface area (Å²) < 4.78 is 0. The van der Waals surface area contributed by atoms with E-state index in [1.165, 1.54) is 12.1 Å². The number of ketones is 1. The average Bonchev–Trinajstić information content (AvgIpc) is 3.10. The van der Waals surface area contributed by atoms with Crippen molar-refractivity contribution in [2.75, 3.05) is 11.9 Å². The van der Waals surface area contributed by atoms with Gasteiger partial charge in [-0.05, 0) is 48.6 Å². The molecule has 0 aromatic heterocycles. The van der Waals surface area contributed by atoms with Crippen LogP contribution in [0.2, 0.25) is 5.02 Å². The van der Waals surface area contributed by atoms with E-state index in [1.54, 1.807) is 36.4 Å². The molecule has 2 N–H and O–H groups in total. The van der Waals surface area contributed by atoms with Crippen LogP contribution in [0.3, 0.4) is 0 Å². The molecule has 0 bridgehead atoms. The Hall–Kier alpha value is -3.97. The summed E-state index contributed by atoms with van der Waals surface area (Å²) >= 11 is 6.11. The number of imide groups is 1. The molecule has 8 heteroatoms. The van der Waals surface area contributed by atoms with Crippen molar-refractivity contribution in [2.24, 2.45) is 0 Å². The lowest BCUT2D eigenvalue weighted by molar-refractivity contribution is -0.134. The lowest BCUT2D eigenvalue weighted by Crippen LogP contribution is -2.47. The van der Waals surface area contributed by atoms with E-state index >= 15 is 0 Å². The third kappa shape index (κ3) is 4.08. The molecular formula is C27H22ClN3O4. The molecule has 0 saturated carbocycles. The number of halogens is 1. The second kappa shape index (κ2) is 9.00. The highest BCUT2D eigenvalue weighted by atomic mass is 35.5. The number of aryl methyl sites for hydroxylation is 1. The molecule has 1 heterocycles. The molecule has 5 rings (SSSR count). The summed E-state index contributed by atoms with van der Waals surface area (Å²) in [7, 11) is 0. The van der Waals surface area contributed by atoms with Gasteiger partial charge in [-0.15, -0.1) is 0 Å². The number of fused-ring (bicyclic) bond motifs is 2. The van der Waals surface area contributed by atoms with Crippen molar-refractivity contribution in [2.45, 2.75) is 24.8 Å². The molecule has 0 radical (unpaired) electrons. The number of nitrogens with zero attached hydrogens (tertiary/aromatic N) is 1. The van der Waals surface area contributed by atoms with Gasteiger partial charge in [-0.2, -0.15) is 0 Å². The lowest BCUT2D eigenvalue weighted by Gasteiger charge is -2.33. The number of benzene rings is 3. The minimum atomic E-state index is -1.15. The number of anilines is 1. The Labute approximate surface area is 207 Å². The fourth-order valence-corrected chi connectivity index (χ4v) is 5.02. The van der Waals surface area contributed by atoms with Crippen LogP contribution < -0.4 is 10.6 Å². The van der Waals surface area contributed by atoms with Gasteiger partial charge in [-0.25, -0.2) is 4.79 Å². The number of hydrogen-bond donors (Lipinski definition) is 2. The molecule has 1 aliphatic carbocycles. The first kappa shape index (κ1) is 22.8. The Kier molecular flexibility index (Phi) is 5.86. The number of hydrogen-bond acceptors (Lipinski definition) is 4. The van der Waals surface area contributed by atoms with E-state index in [-0.39, 0.29) is 17.0 Å². The zero-order chi connectivity index (χ0) is 24.6. The molecule has 1 atom stereocenters. The summed E-state index contributed by atoms with van der Waals surface area (Å²) in [6.07, 6.45) is 2.05. The molecule has 176 valence electrons. The quantitative estimate of drug-likeness (QED) is 0.414. The van der Waals surface area contributed by atoms with Crippen molar-refractivity contribution in [3.8, 4) is 0 Å². The maximum atomic E-state index is 13.4. The van der Waals surface area contributed by atoms with E-state index in [2.05, 4.69) is 10.6 Å². The maximum Gasteiger partial charge on any atom is 0.325 e. The van der Waals surface area contributed by atoms with Crippen LogP contribution in [0, 0.1) is 0 Å². The first-order valence-electron chi connectivity index (χ1n) is 11.3.